The Labute approximate surface area is 302 Å². The zero-order valence-electron chi connectivity index (χ0n) is 31.4. The van der Waals surface area contributed by atoms with E-state index in [2.05, 4.69) is 57.8 Å². The third-order valence-corrected chi connectivity index (χ3v) is 9.08. The maximum atomic E-state index is 13.3. The van der Waals surface area contributed by atoms with Gasteiger partial charge < -0.3 is 24.5 Å². The number of anilines is 1. The van der Waals surface area contributed by atoms with Crippen LogP contribution >= 0.6 is 0 Å². The minimum Gasteiger partial charge on any atom is -0.465 e. The molecule has 13 heteroatoms. The quantitative estimate of drug-likeness (QED) is 0.105. The summed E-state index contributed by atoms with van der Waals surface area (Å²) in [4.78, 5) is 55.3. The second-order valence-corrected chi connectivity index (χ2v) is 14.6. The highest BCUT2D eigenvalue weighted by Crippen LogP contribution is 2.24. The van der Waals surface area contributed by atoms with Gasteiger partial charge in [0, 0.05) is 39.1 Å². The maximum Gasteiger partial charge on any atom is 0.337 e. The van der Waals surface area contributed by atoms with Crippen LogP contribution in [0.2, 0.25) is 0 Å². The van der Waals surface area contributed by atoms with E-state index < -0.39 is 0 Å². The minimum atomic E-state index is -0.360. The number of carbonyl (C=O) groups is 2. The molecule has 1 aromatic carbocycles. The number of H-pyrrole nitrogens is 1. The van der Waals surface area contributed by atoms with Crippen LogP contribution in [0.5, 0.6) is 6.01 Å². The average Bonchev–Trinajstić information content (AvgIpc) is 3.42. The van der Waals surface area contributed by atoms with Gasteiger partial charge in [0.05, 0.1) is 32.5 Å². The highest BCUT2D eigenvalue weighted by atomic mass is 16.5. The van der Waals surface area contributed by atoms with Crippen molar-refractivity contribution in [2.45, 2.75) is 98.6 Å². The molecule has 2 N–H and O–H groups in total. The predicted octanol–water partition coefficient (Wildman–Crippen LogP) is 5.63. The molecule has 51 heavy (non-hydrogen) atoms. The van der Waals surface area contributed by atoms with Gasteiger partial charge in [0.15, 0.2) is 11.5 Å². The van der Waals surface area contributed by atoms with Gasteiger partial charge in [-0.1, -0.05) is 59.1 Å². The number of nitrogens with zero attached hydrogens (tertiary/aromatic N) is 5. The number of carbonyl (C=O) groups excluding carboxylic acids is 2. The molecular weight excluding hydrogens is 650 g/mol. The Balaban J connectivity index is 1.46. The van der Waals surface area contributed by atoms with Gasteiger partial charge in [0.2, 0.25) is 5.91 Å². The number of ether oxygens (including phenoxy) is 3. The van der Waals surface area contributed by atoms with Crippen LogP contribution < -0.4 is 15.7 Å². The molecule has 0 bridgehead atoms. The predicted molar refractivity (Wildman–Crippen MR) is 199 cm³/mol. The Morgan fingerprint density at radius 1 is 1.02 bits per heavy atom. The van der Waals surface area contributed by atoms with Crippen LogP contribution in [0, 0.1) is 5.41 Å². The second kappa shape index (κ2) is 20.3. The number of unbranched alkanes of at least 4 members (excludes halogenated alkanes) is 3. The number of hydrogen-bond acceptors (Lipinski definition) is 10. The smallest absolute Gasteiger partial charge is 0.337 e. The molecule has 282 valence electrons. The van der Waals surface area contributed by atoms with Crippen molar-refractivity contribution in [2.24, 2.45) is 5.41 Å². The molecular formula is C38H59N7O6. The number of benzene rings is 1. The Kier molecular flexibility index (Phi) is 15.9. The number of hydrogen-bond donors (Lipinski definition) is 2. The van der Waals surface area contributed by atoms with Gasteiger partial charge in [-0.15, -0.1) is 0 Å². The first-order valence-corrected chi connectivity index (χ1v) is 18.7. The summed E-state index contributed by atoms with van der Waals surface area (Å²) < 4.78 is 17.9. The summed E-state index contributed by atoms with van der Waals surface area (Å²) in [5.41, 5.74) is 2.31. The third kappa shape index (κ3) is 13.4. The first kappa shape index (κ1) is 40.0. The number of aryl methyl sites for hydroxylation is 1. The van der Waals surface area contributed by atoms with Crippen molar-refractivity contribution < 1.29 is 23.8 Å². The molecule has 2 aromatic heterocycles. The first-order chi connectivity index (χ1) is 24.6. The molecule has 1 saturated heterocycles. The van der Waals surface area contributed by atoms with E-state index in [-0.39, 0.29) is 34.8 Å². The standard InChI is InChI=1S/C38H59N7O6/c1-6-7-24-51-36-41-33(39-31(46)16-9-8-10-17-38(2,3)4)32-34(42-36)45(37(48)40-32)21-13-20-44(19-12-18-43-22-25-50-26-23-43)28-29-14-11-15-30(27-29)35(47)49-5/h11,14-15,27H,6-10,12-13,16-26,28H2,1-5H3,(H,40,48)(H,39,41,42,46). The number of aromatic nitrogens is 4. The van der Waals surface area contributed by atoms with Crippen LogP contribution in [0.3, 0.4) is 0 Å². The van der Waals surface area contributed by atoms with E-state index in [0.717, 1.165) is 89.9 Å². The van der Waals surface area contributed by atoms with Crippen LogP contribution in [-0.2, 0) is 27.4 Å². The number of imidazole rings is 1. The van der Waals surface area contributed by atoms with Crippen molar-refractivity contribution in [2.75, 3.05) is 65.0 Å². The lowest BCUT2D eigenvalue weighted by molar-refractivity contribution is -0.116. The van der Waals surface area contributed by atoms with E-state index in [9.17, 15) is 14.4 Å². The van der Waals surface area contributed by atoms with Crippen molar-refractivity contribution in [3.05, 3.63) is 45.9 Å². The van der Waals surface area contributed by atoms with Crippen molar-refractivity contribution in [3.8, 4) is 6.01 Å². The van der Waals surface area contributed by atoms with Crippen molar-refractivity contribution in [1.82, 2.24) is 29.3 Å². The monoisotopic (exact) mass is 709 g/mol. The van der Waals surface area contributed by atoms with Gasteiger partial charge >= 0.3 is 17.7 Å². The number of nitrogens with one attached hydrogen (secondary N) is 2. The SMILES string of the molecule is CCCCOc1nc(NC(=O)CCCCCC(C)(C)C)c2[nH]c(=O)n(CCCN(CCCN3CCOCC3)Cc3cccc(C(=O)OC)c3)c2n1. The lowest BCUT2D eigenvalue weighted by Gasteiger charge is -2.28. The number of fused-ring (bicyclic) bond motifs is 1. The van der Waals surface area contributed by atoms with E-state index in [4.69, 9.17) is 14.2 Å². The van der Waals surface area contributed by atoms with Crippen molar-refractivity contribution in [1.29, 1.82) is 0 Å². The van der Waals surface area contributed by atoms with Crippen molar-refractivity contribution in [3.63, 3.8) is 0 Å². The van der Waals surface area contributed by atoms with Gasteiger partial charge in [-0.25, -0.2) is 9.59 Å². The Morgan fingerprint density at radius 2 is 1.78 bits per heavy atom. The molecule has 1 amide bonds. The lowest BCUT2D eigenvalue weighted by atomic mass is 9.89. The number of amides is 1. The second-order valence-electron chi connectivity index (χ2n) is 14.6. The van der Waals surface area contributed by atoms with Gasteiger partial charge in [-0.3, -0.25) is 19.2 Å². The summed E-state index contributed by atoms with van der Waals surface area (Å²) >= 11 is 0. The Bertz CT molecular complexity index is 1590. The van der Waals surface area contributed by atoms with E-state index >= 15 is 0 Å². The summed E-state index contributed by atoms with van der Waals surface area (Å²) in [6.07, 6.45) is 7.76. The molecule has 0 atom stereocenters. The van der Waals surface area contributed by atoms with Crippen LogP contribution in [0.4, 0.5) is 5.82 Å². The summed E-state index contributed by atoms with van der Waals surface area (Å²) in [7, 11) is 1.39. The fraction of sp³-hybridized carbons (Fsp3) is 0.658. The normalized spacial score (nSPS) is 13.9. The summed E-state index contributed by atoms with van der Waals surface area (Å²) in [6, 6.07) is 7.67. The lowest BCUT2D eigenvalue weighted by Crippen LogP contribution is -2.38. The highest BCUT2D eigenvalue weighted by molar-refractivity contribution is 5.97. The number of aromatic amines is 1. The molecule has 0 saturated carbocycles. The molecule has 0 spiro atoms. The summed E-state index contributed by atoms with van der Waals surface area (Å²) in [5, 5.41) is 2.93. The topological polar surface area (TPSA) is 144 Å². The van der Waals surface area contributed by atoms with Gasteiger partial charge in [-0.2, -0.15) is 9.97 Å². The van der Waals surface area contributed by atoms with Crippen molar-refractivity contribution >= 4 is 28.9 Å². The Morgan fingerprint density at radius 3 is 2.51 bits per heavy atom. The molecule has 3 aromatic rings. The molecule has 0 aliphatic carbocycles. The van der Waals surface area contributed by atoms with Gasteiger partial charge in [0.1, 0.15) is 5.52 Å². The van der Waals surface area contributed by atoms with Crippen LogP contribution in [0.15, 0.2) is 29.1 Å². The molecule has 0 radical (unpaired) electrons. The molecule has 3 heterocycles. The van der Waals surface area contributed by atoms with E-state index in [0.29, 0.717) is 55.8 Å². The van der Waals surface area contributed by atoms with Crippen LogP contribution in [-0.4, -0.2) is 101 Å². The van der Waals surface area contributed by atoms with Crippen LogP contribution in [0.1, 0.15) is 101 Å². The zero-order chi connectivity index (χ0) is 36.6. The summed E-state index contributed by atoms with van der Waals surface area (Å²) in [5.74, 6) is -0.249. The largest absolute Gasteiger partial charge is 0.465 e. The molecule has 1 aliphatic rings. The summed E-state index contributed by atoms with van der Waals surface area (Å²) in [6.45, 7) is 16.2. The maximum absolute atomic E-state index is 13.3. The first-order valence-electron chi connectivity index (χ1n) is 18.7. The number of morpholine rings is 1. The van der Waals surface area contributed by atoms with Crippen LogP contribution in [0.25, 0.3) is 11.2 Å². The number of rotatable bonds is 21. The fourth-order valence-electron chi connectivity index (χ4n) is 6.23. The number of methoxy groups -OCH3 is 1. The average molecular weight is 710 g/mol. The van der Waals surface area contributed by atoms with E-state index in [1.807, 2.05) is 18.2 Å². The molecule has 4 rings (SSSR count). The van der Waals surface area contributed by atoms with Gasteiger partial charge in [-0.05, 0) is 68.3 Å². The fourth-order valence-corrected chi connectivity index (χ4v) is 6.23. The minimum absolute atomic E-state index is 0.138. The molecule has 13 nitrogen and oxygen atoms in total. The van der Waals surface area contributed by atoms with Gasteiger partial charge in [0.25, 0.3) is 0 Å². The zero-order valence-corrected chi connectivity index (χ0v) is 31.4. The van der Waals surface area contributed by atoms with E-state index in [1.165, 1.54) is 7.11 Å². The third-order valence-electron chi connectivity index (χ3n) is 9.08. The number of esters is 1. The molecule has 1 fully saturated rings. The Hall–Kier alpha value is -3.81. The molecule has 0 unspecified atom stereocenters. The molecule has 1 aliphatic heterocycles. The van der Waals surface area contributed by atoms with E-state index in [1.54, 1.807) is 10.6 Å². The highest BCUT2D eigenvalue weighted by Gasteiger charge is 2.19.